The van der Waals surface area contributed by atoms with Gasteiger partial charge in [-0.3, -0.25) is 15.1 Å². The number of fused-ring (bicyclic) bond motifs is 1. The predicted octanol–water partition coefficient (Wildman–Crippen LogP) is 6.12. The van der Waals surface area contributed by atoms with Crippen LogP contribution >= 0.6 is 23.2 Å². The molecule has 54 heavy (non-hydrogen) atoms. The topological polar surface area (TPSA) is 163 Å². The Morgan fingerprint density at radius 1 is 1.06 bits per heavy atom. The molecule has 0 spiro atoms. The number of hydrogen-bond donors (Lipinski definition) is 4. The molecule has 6 rings (SSSR count). The molecule has 0 saturated carbocycles. The van der Waals surface area contributed by atoms with Crippen LogP contribution in [0.4, 0.5) is 0 Å². The Balaban J connectivity index is 1.19. The van der Waals surface area contributed by atoms with Gasteiger partial charge in [-0.1, -0.05) is 53.5 Å². The minimum Gasteiger partial charge on any atom is -0.492 e. The van der Waals surface area contributed by atoms with E-state index in [2.05, 4.69) is 33.4 Å². The number of aromatic nitrogens is 1. The molecule has 0 radical (unpaired) electrons. The monoisotopic (exact) mass is 773 g/mol. The number of nitrogens with zero attached hydrogens (tertiary/aromatic N) is 3. The van der Waals surface area contributed by atoms with Crippen LogP contribution in [0.2, 0.25) is 10.0 Å². The number of nitriles is 1. The van der Waals surface area contributed by atoms with Crippen molar-refractivity contribution in [3.63, 3.8) is 0 Å². The van der Waals surface area contributed by atoms with Gasteiger partial charge >= 0.3 is 0 Å². The summed E-state index contributed by atoms with van der Waals surface area (Å²) in [5.41, 5.74) is 11.3. The molecule has 4 aromatic rings. The third kappa shape index (κ3) is 9.63. The number of carbonyl (C=O) groups excluding carboxylic acids is 1. The number of ether oxygens (including phenoxy) is 3. The Hall–Kier alpha value is -4.41. The van der Waals surface area contributed by atoms with Crippen LogP contribution in [-0.4, -0.2) is 70.5 Å². The minimum absolute atomic E-state index is 0.106. The molecular formula is C41H45Cl2N5O6. The van der Waals surface area contributed by atoms with E-state index >= 15 is 0 Å². The first kappa shape index (κ1) is 39.3. The van der Waals surface area contributed by atoms with Crippen LogP contribution in [0.25, 0.3) is 11.1 Å². The first-order valence-electron chi connectivity index (χ1n) is 18.2. The second-order valence-corrected chi connectivity index (χ2v) is 14.6. The van der Waals surface area contributed by atoms with E-state index in [1.807, 2.05) is 24.3 Å². The first-order valence-corrected chi connectivity index (χ1v) is 19.0. The molecule has 13 heteroatoms. The number of nitrogens with one attached hydrogen (secondary N) is 1. The van der Waals surface area contributed by atoms with E-state index < -0.39 is 18.1 Å². The quantitative estimate of drug-likeness (QED) is 0.0976. The highest BCUT2D eigenvalue weighted by atomic mass is 35.5. The lowest BCUT2D eigenvalue weighted by Gasteiger charge is -2.29. The molecule has 3 aromatic carbocycles. The fourth-order valence-electron chi connectivity index (χ4n) is 7.04. The molecule has 11 nitrogen and oxygen atoms in total. The molecule has 1 aliphatic carbocycles. The lowest BCUT2D eigenvalue weighted by molar-refractivity contribution is -0.122. The van der Waals surface area contributed by atoms with Gasteiger partial charge in [-0.05, 0) is 73.9 Å². The number of benzene rings is 3. The molecule has 1 saturated heterocycles. The third-order valence-corrected chi connectivity index (χ3v) is 10.6. The van der Waals surface area contributed by atoms with Crippen LogP contribution in [0, 0.1) is 11.3 Å². The fourth-order valence-corrected chi connectivity index (χ4v) is 7.56. The van der Waals surface area contributed by atoms with Crippen LogP contribution in [-0.2, 0) is 24.4 Å². The highest BCUT2D eigenvalue weighted by Crippen LogP contribution is 2.45. The molecule has 284 valence electrons. The molecule has 1 amide bonds. The maximum Gasteiger partial charge on any atom is 0.237 e. The van der Waals surface area contributed by atoms with Gasteiger partial charge in [-0.2, -0.15) is 5.26 Å². The van der Waals surface area contributed by atoms with Gasteiger partial charge in [0.2, 0.25) is 5.91 Å². The van der Waals surface area contributed by atoms with Crippen molar-refractivity contribution in [3.05, 3.63) is 105 Å². The zero-order valence-corrected chi connectivity index (χ0v) is 31.7. The number of rotatable bonds is 16. The van der Waals surface area contributed by atoms with Gasteiger partial charge in [0.25, 0.3) is 0 Å². The number of amides is 1. The number of nitrogens with two attached hydrogens (primary N) is 1. The smallest absolute Gasteiger partial charge is 0.237 e. The van der Waals surface area contributed by atoms with Gasteiger partial charge in [0.1, 0.15) is 42.1 Å². The van der Waals surface area contributed by atoms with E-state index in [0.29, 0.717) is 57.0 Å². The largest absolute Gasteiger partial charge is 0.492 e. The standard InChI is InChI=1S/C41H45Cl2N5O6/c1-25(49)40(41(45)51)47-23-28-18-34(42)38(19-37(28)53-24-27-17-26(20-44)21-46-22-27)54-35-10-9-31-30(5-2-6-32(31)35)33-7-3-8-36(39(33)43)52-16-4-13-48-14-11-29(50)12-15-48/h2-3,5-8,17-19,21-22,25,29,35,40,47,49-50H,4,9-16,23-24H2,1H3,(H2,45,51)/t25-,35+,40+/m1/s1. The second kappa shape index (κ2) is 18.3. The predicted molar refractivity (Wildman–Crippen MR) is 207 cm³/mol. The van der Waals surface area contributed by atoms with Gasteiger partial charge in [0, 0.05) is 61.3 Å². The average molecular weight is 775 g/mol. The van der Waals surface area contributed by atoms with Gasteiger partial charge in [0.05, 0.1) is 34.4 Å². The van der Waals surface area contributed by atoms with Crippen LogP contribution in [0.1, 0.15) is 66.5 Å². The minimum atomic E-state index is -1.02. The molecule has 1 aliphatic heterocycles. The van der Waals surface area contributed by atoms with Gasteiger partial charge in [0.15, 0.2) is 0 Å². The van der Waals surface area contributed by atoms with Gasteiger partial charge in [-0.25, -0.2) is 0 Å². The fraction of sp³-hybridized carbons (Fsp3) is 0.390. The lowest BCUT2D eigenvalue weighted by atomic mass is 9.96. The second-order valence-electron chi connectivity index (χ2n) is 13.8. The van der Waals surface area contributed by atoms with Crippen LogP contribution in [0.3, 0.4) is 0 Å². The zero-order chi connectivity index (χ0) is 38.2. The van der Waals surface area contributed by atoms with Crippen molar-refractivity contribution in [2.45, 2.75) is 76.5 Å². The first-order chi connectivity index (χ1) is 26.1. The Morgan fingerprint density at radius 3 is 2.59 bits per heavy atom. The Kier molecular flexibility index (Phi) is 13.3. The summed E-state index contributed by atoms with van der Waals surface area (Å²) in [6.07, 6.45) is 5.57. The van der Waals surface area contributed by atoms with Crippen molar-refractivity contribution in [2.24, 2.45) is 5.73 Å². The van der Waals surface area contributed by atoms with E-state index in [9.17, 15) is 20.3 Å². The molecule has 2 heterocycles. The van der Waals surface area contributed by atoms with Gasteiger partial charge < -0.3 is 35.1 Å². The lowest BCUT2D eigenvalue weighted by Crippen LogP contribution is -2.48. The van der Waals surface area contributed by atoms with Crippen molar-refractivity contribution in [3.8, 4) is 34.4 Å². The van der Waals surface area contributed by atoms with Crippen LogP contribution in [0.5, 0.6) is 17.2 Å². The Bertz CT molecular complexity index is 1980. The molecule has 0 bridgehead atoms. The number of aliphatic hydroxyl groups excluding tert-OH is 2. The van der Waals surface area contributed by atoms with Crippen LogP contribution in [0.15, 0.2) is 67.0 Å². The number of pyridine rings is 1. The van der Waals surface area contributed by atoms with E-state index in [-0.39, 0.29) is 25.4 Å². The van der Waals surface area contributed by atoms with Crippen LogP contribution < -0.4 is 25.3 Å². The summed E-state index contributed by atoms with van der Waals surface area (Å²) in [6, 6.07) is 18.2. The number of hydrogen-bond acceptors (Lipinski definition) is 10. The molecule has 3 atom stereocenters. The Morgan fingerprint density at radius 2 is 1.83 bits per heavy atom. The molecule has 0 unspecified atom stereocenters. The van der Waals surface area contributed by atoms with E-state index in [1.54, 1.807) is 24.4 Å². The van der Waals surface area contributed by atoms with Crippen molar-refractivity contribution in [2.75, 3.05) is 26.2 Å². The summed E-state index contributed by atoms with van der Waals surface area (Å²) in [6.45, 7) is 4.98. The van der Waals surface area contributed by atoms with Crippen molar-refractivity contribution >= 4 is 29.1 Å². The number of aliphatic hydroxyl groups is 2. The number of halogens is 2. The Labute approximate surface area is 325 Å². The summed E-state index contributed by atoms with van der Waals surface area (Å²) >= 11 is 13.8. The summed E-state index contributed by atoms with van der Waals surface area (Å²) in [5.74, 6) is 0.803. The SMILES string of the molecule is C[C@@H](O)[C@H](NCc1cc(Cl)c(O[C@H]2CCc3c(-c4cccc(OCCCN5CCC(O)CC5)c4Cl)cccc32)cc1OCc1cncc(C#N)c1)C(N)=O. The van der Waals surface area contributed by atoms with Crippen molar-refractivity contribution < 1.29 is 29.2 Å². The van der Waals surface area contributed by atoms with E-state index in [1.165, 1.54) is 13.1 Å². The molecule has 1 fully saturated rings. The van der Waals surface area contributed by atoms with Crippen molar-refractivity contribution in [1.82, 2.24) is 15.2 Å². The number of primary amides is 1. The number of carbonyl (C=O) groups is 1. The summed E-state index contributed by atoms with van der Waals surface area (Å²) < 4.78 is 19.0. The molecule has 2 aliphatic rings. The maximum absolute atomic E-state index is 12.0. The number of likely N-dealkylation sites (tertiary alicyclic amines) is 1. The maximum atomic E-state index is 12.0. The van der Waals surface area contributed by atoms with Gasteiger partial charge in [-0.15, -0.1) is 0 Å². The van der Waals surface area contributed by atoms with E-state index in [0.717, 1.165) is 67.6 Å². The molecule has 5 N–H and O–H groups in total. The number of piperidine rings is 1. The molecule has 1 aromatic heterocycles. The summed E-state index contributed by atoms with van der Waals surface area (Å²) in [5, 5.41) is 33.1. The summed E-state index contributed by atoms with van der Waals surface area (Å²) in [4.78, 5) is 18.4. The van der Waals surface area contributed by atoms with Crippen molar-refractivity contribution in [1.29, 1.82) is 5.26 Å². The summed E-state index contributed by atoms with van der Waals surface area (Å²) in [7, 11) is 0. The normalized spacial score (nSPS) is 17.0. The highest BCUT2D eigenvalue weighted by molar-refractivity contribution is 6.35. The molecular weight excluding hydrogens is 729 g/mol. The zero-order valence-electron chi connectivity index (χ0n) is 30.1. The third-order valence-electron chi connectivity index (χ3n) is 9.91. The highest BCUT2D eigenvalue weighted by Gasteiger charge is 2.29. The van der Waals surface area contributed by atoms with E-state index in [4.69, 9.17) is 43.1 Å². The average Bonchev–Trinajstić information content (AvgIpc) is 3.58.